The second kappa shape index (κ2) is 5.80. The maximum atomic E-state index is 13.7. The highest BCUT2D eigenvalue weighted by molar-refractivity contribution is 5.41. The van der Waals surface area contributed by atoms with E-state index in [1.165, 1.54) is 6.07 Å². The standard InChI is InChI=1S/C15H14F2O2/c1-2-19-13-9-4-3-6-10(13)15(18)14-11(16)7-5-8-12(14)17/h3-9,15,18H,2H2,1H3. The monoisotopic (exact) mass is 264 g/mol. The van der Waals surface area contributed by atoms with E-state index >= 15 is 0 Å². The van der Waals surface area contributed by atoms with E-state index in [0.29, 0.717) is 17.9 Å². The number of benzene rings is 2. The van der Waals surface area contributed by atoms with E-state index in [9.17, 15) is 13.9 Å². The third-order valence-corrected chi connectivity index (χ3v) is 2.79. The number of aliphatic hydroxyl groups is 1. The lowest BCUT2D eigenvalue weighted by Gasteiger charge is -2.17. The quantitative estimate of drug-likeness (QED) is 0.916. The van der Waals surface area contributed by atoms with Crippen LogP contribution in [0.5, 0.6) is 5.75 Å². The van der Waals surface area contributed by atoms with E-state index in [0.717, 1.165) is 12.1 Å². The smallest absolute Gasteiger partial charge is 0.132 e. The number of para-hydroxylation sites is 1. The molecule has 0 aliphatic carbocycles. The van der Waals surface area contributed by atoms with Crippen molar-refractivity contribution in [1.82, 2.24) is 0 Å². The highest BCUT2D eigenvalue weighted by atomic mass is 19.1. The van der Waals surface area contributed by atoms with Gasteiger partial charge in [0, 0.05) is 5.56 Å². The van der Waals surface area contributed by atoms with Crippen LogP contribution in [0.25, 0.3) is 0 Å². The van der Waals surface area contributed by atoms with Gasteiger partial charge in [-0.25, -0.2) is 8.78 Å². The number of rotatable bonds is 4. The summed E-state index contributed by atoms with van der Waals surface area (Å²) in [6.45, 7) is 2.20. The summed E-state index contributed by atoms with van der Waals surface area (Å²) in [7, 11) is 0. The molecule has 0 aliphatic heterocycles. The predicted octanol–water partition coefficient (Wildman–Crippen LogP) is 3.45. The van der Waals surface area contributed by atoms with Crippen molar-refractivity contribution in [2.75, 3.05) is 6.61 Å². The van der Waals surface area contributed by atoms with Crippen molar-refractivity contribution in [2.24, 2.45) is 0 Å². The molecule has 1 atom stereocenters. The number of aliphatic hydroxyl groups excluding tert-OH is 1. The van der Waals surface area contributed by atoms with Crippen molar-refractivity contribution in [3.8, 4) is 5.75 Å². The van der Waals surface area contributed by atoms with Gasteiger partial charge >= 0.3 is 0 Å². The third-order valence-electron chi connectivity index (χ3n) is 2.79. The lowest BCUT2D eigenvalue weighted by molar-refractivity contribution is 0.201. The summed E-state index contributed by atoms with van der Waals surface area (Å²) in [5.41, 5.74) is -0.0250. The number of halogens is 2. The Morgan fingerprint density at radius 2 is 1.68 bits per heavy atom. The Kier molecular flexibility index (Phi) is 4.12. The molecule has 100 valence electrons. The minimum atomic E-state index is -1.40. The summed E-state index contributed by atoms with van der Waals surface area (Å²) in [6, 6.07) is 10.1. The molecule has 0 aliphatic rings. The zero-order chi connectivity index (χ0) is 13.8. The molecular weight excluding hydrogens is 250 g/mol. The van der Waals surface area contributed by atoms with Crippen molar-refractivity contribution < 1.29 is 18.6 Å². The molecule has 0 radical (unpaired) electrons. The Hall–Kier alpha value is -1.94. The molecule has 1 N–H and O–H groups in total. The van der Waals surface area contributed by atoms with Crippen molar-refractivity contribution in [3.63, 3.8) is 0 Å². The van der Waals surface area contributed by atoms with Gasteiger partial charge in [0.15, 0.2) is 0 Å². The molecule has 1 unspecified atom stereocenters. The maximum Gasteiger partial charge on any atom is 0.132 e. The van der Waals surface area contributed by atoms with Gasteiger partial charge in [-0.2, -0.15) is 0 Å². The molecule has 2 nitrogen and oxygen atoms in total. The number of ether oxygens (including phenoxy) is 1. The van der Waals surface area contributed by atoms with Gasteiger partial charge < -0.3 is 9.84 Å². The Labute approximate surface area is 110 Å². The first kappa shape index (κ1) is 13.5. The summed E-state index contributed by atoms with van der Waals surface area (Å²) in [6.07, 6.45) is -1.40. The maximum absolute atomic E-state index is 13.7. The van der Waals surface area contributed by atoms with Gasteiger partial charge in [0.05, 0.1) is 12.2 Å². The van der Waals surface area contributed by atoms with Crippen LogP contribution in [-0.4, -0.2) is 11.7 Å². The third kappa shape index (κ3) is 2.74. The van der Waals surface area contributed by atoms with Crippen molar-refractivity contribution in [1.29, 1.82) is 0 Å². The van der Waals surface area contributed by atoms with Gasteiger partial charge in [-0.1, -0.05) is 24.3 Å². The Morgan fingerprint density at radius 1 is 1.05 bits per heavy atom. The zero-order valence-electron chi connectivity index (χ0n) is 10.4. The second-order valence-corrected chi connectivity index (χ2v) is 4.01. The summed E-state index contributed by atoms with van der Waals surface area (Å²) < 4.78 is 32.7. The van der Waals surface area contributed by atoms with Crippen LogP contribution >= 0.6 is 0 Å². The molecular formula is C15H14F2O2. The summed E-state index contributed by atoms with van der Waals surface area (Å²) >= 11 is 0. The molecule has 4 heteroatoms. The normalized spacial score (nSPS) is 12.2. The van der Waals surface area contributed by atoms with E-state index in [1.807, 2.05) is 0 Å². The lowest BCUT2D eigenvalue weighted by atomic mass is 9.99. The summed E-state index contributed by atoms with van der Waals surface area (Å²) in [4.78, 5) is 0. The van der Waals surface area contributed by atoms with Crippen LogP contribution < -0.4 is 4.74 Å². The van der Waals surface area contributed by atoms with Crippen molar-refractivity contribution >= 4 is 0 Å². The molecule has 0 amide bonds. The molecule has 19 heavy (non-hydrogen) atoms. The predicted molar refractivity (Wildman–Crippen MR) is 68.0 cm³/mol. The molecule has 2 rings (SSSR count). The van der Waals surface area contributed by atoms with Gasteiger partial charge in [-0.3, -0.25) is 0 Å². The molecule has 0 fully saturated rings. The highest BCUT2D eigenvalue weighted by Crippen LogP contribution is 2.32. The van der Waals surface area contributed by atoms with Gasteiger partial charge in [-0.15, -0.1) is 0 Å². The largest absolute Gasteiger partial charge is 0.493 e. The molecule has 0 heterocycles. The second-order valence-electron chi connectivity index (χ2n) is 4.01. The van der Waals surface area contributed by atoms with Gasteiger partial charge in [0.2, 0.25) is 0 Å². The van der Waals surface area contributed by atoms with E-state index < -0.39 is 17.7 Å². The van der Waals surface area contributed by atoms with Crippen LogP contribution in [0.3, 0.4) is 0 Å². The molecule has 0 saturated carbocycles. The minimum absolute atomic E-state index is 0.341. The van der Waals surface area contributed by atoms with Crippen LogP contribution in [0, 0.1) is 11.6 Å². The summed E-state index contributed by atoms with van der Waals surface area (Å²) in [5, 5.41) is 10.2. The van der Waals surface area contributed by atoms with Crippen LogP contribution in [0.1, 0.15) is 24.2 Å². The molecule has 2 aromatic rings. The van der Waals surface area contributed by atoms with Crippen LogP contribution in [0.15, 0.2) is 42.5 Å². The number of hydrogen-bond acceptors (Lipinski definition) is 2. The topological polar surface area (TPSA) is 29.5 Å². The first-order valence-corrected chi connectivity index (χ1v) is 5.98. The number of hydrogen-bond donors (Lipinski definition) is 1. The van der Waals surface area contributed by atoms with E-state index in [4.69, 9.17) is 4.74 Å². The van der Waals surface area contributed by atoms with E-state index in [1.54, 1.807) is 31.2 Å². The van der Waals surface area contributed by atoms with Crippen molar-refractivity contribution in [2.45, 2.75) is 13.0 Å². The van der Waals surface area contributed by atoms with E-state index in [2.05, 4.69) is 0 Å². The lowest BCUT2D eigenvalue weighted by Crippen LogP contribution is -2.08. The van der Waals surface area contributed by atoms with Gasteiger partial charge in [0.25, 0.3) is 0 Å². The highest BCUT2D eigenvalue weighted by Gasteiger charge is 2.22. The van der Waals surface area contributed by atoms with Gasteiger partial charge in [0.1, 0.15) is 23.5 Å². The first-order chi connectivity index (χ1) is 9.15. The fourth-order valence-corrected chi connectivity index (χ4v) is 1.92. The Bertz CT molecular complexity index is 550. The molecule has 0 bridgehead atoms. The minimum Gasteiger partial charge on any atom is -0.493 e. The fourth-order valence-electron chi connectivity index (χ4n) is 1.92. The first-order valence-electron chi connectivity index (χ1n) is 5.98. The summed E-state index contributed by atoms with van der Waals surface area (Å²) in [5.74, 6) is -1.14. The average molecular weight is 264 g/mol. The molecule has 0 aromatic heterocycles. The molecule has 0 saturated heterocycles. The average Bonchev–Trinajstić information content (AvgIpc) is 2.39. The Balaban J connectivity index is 2.47. The van der Waals surface area contributed by atoms with Crippen LogP contribution in [0.4, 0.5) is 8.78 Å². The van der Waals surface area contributed by atoms with Crippen molar-refractivity contribution in [3.05, 3.63) is 65.2 Å². The Morgan fingerprint density at radius 3 is 2.32 bits per heavy atom. The van der Waals surface area contributed by atoms with Crippen LogP contribution in [0.2, 0.25) is 0 Å². The zero-order valence-corrected chi connectivity index (χ0v) is 10.4. The van der Waals surface area contributed by atoms with Gasteiger partial charge in [-0.05, 0) is 25.1 Å². The van der Waals surface area contributed by atoms with E-state index in [-0.39, 0.29) is 5.56 Å². The van der Waals surface area contributed by atoms with Crippen LogP contribution in [-0.2, 0) is 0 Å². The SMILES string of the molecule is CCOc1ccccc1C(O)c1c(F)cccc1F. The molecule has 0 spiro atoms. The molecule has 2 aromatic carbocycles. The fraction of sp³-hybridized carbons (Fsp3) is 0.200.